The second-order valence-electron chi connectivity index (χ2n) is 5.47. The maximum atomic E-state index is 13.5. The maximum absolute atomic E-state index is 13.5. The Kier molecular flexibility index (Phi) is 6.03. The summed E-state index contributed by atoms with van der Waals surface area (Å²) in [5.74, 6) is -0.341. The molecule has 0 radical (unpaired) electrons. The summed E-state index contributed by atoms with van der Waals surface area (Å²) < 4.78 is 18.9. The molecule has 1 amide bonds. The van der Waals surface area contributed by atoms with Crippen LogP contribution in [0, 0.1) is 5.82 Å². The van der Waals surface area contributed by atoms with Crippen molar-refractivity contribution in [2.24, 2.45) is 0 Å². The van der Waals surface area contributed by atoms with Crippen molar-refractivity contribution < 1.29 is 13.9 Å². The first-order valence-corrected chi connectivity index (χ1v) is 9.35. The van der Waals surface area contributed by atoms with E-state index in [0.717, 1.165) is 0 Å². The standard InChI is InChI=1S/C19H14BrClFN3O2/c1-27-17-9-15-12(8-16(17)25-18(26)3-2-6-20)19(24-10-23-15)11-4-5-14(22)13(21)7-11/h2-5,7-10H,6H2,1H3,(H,25,26)/b3-2+. The van der Waals surface area contributed by atoms with E-state index in [0.29, 0.717) is 38.9 Å². The van der Waals surface area contributed by atoms with Crippen LogP contribution in [0.4, 0.5) is 10.1 Å². The van der Waals surface area contributed by atoms with Crippen LogP contribution in [0.2, 0.25) is 5.02 Å². The number of hydrogen-bond donors (Lipinski definition) is 1. The number of ether oxygens (including phenoxy) is 1. The number of benzene rings is 2. The normalized spacial score (nSPS) is 11.1. The number of nitrogens with zero attached hydrogens (tertiary/aromatic N) is 2. The predicted octanol–water partition coefficient (Wildman–Crippen LogP) is 4.99. The lowest BCUT2D eigenvalue weighted by molar-refractivity contribution is -0.111. The fourth-order valence-corrected chi connectivity index (χ4v) is 2.92. The van der Waals surface area contributed by atoms with Gasteiger partial charge >= 0.3 is 0 Å². The summed E-state index contributed by atoms with van der Waals surface area (Å²) in [5, 5.41) is 4.01. The zero-order valence-electron chi connectivity index (χ0n) is 14.2. The van der Waals surface area contributed by atoms with Crippen LogP contribution < -0.4 is 10.1 Å². The van der Waals surface area contributed by atoms with Gasteiger partial charge in [-0.1, -0.05) is 33.6 Å². The van der Waals surface area contributed by atoms with Gasteiger partial charge in [0, 0.05) is 28.4 Å². The molecule has 0 aliphatic rings. The highest BCUT2D eigenvalue weighted by atomic mass is 79.9. The molecule has 0 spiro atoms. The van der Waals surface area contributed by atoms with Crippen molar-refractivity contribution in [3.63, 3.8) is 0 Å². The van der Waals surface area contributed by atoms with E-state index in [9.17, 15) is 9.18 Å². The molecular weight excluding hydrogens is 437 g/mol. The molecule has 0 atom stereocenters. The van der Waals surface area contributed by atoms with E-state index in [1.54, 1.807) is 24.3 Å². The molecule has 0 saturated heterocycles. The van der Waals surface area contributed by atoms with Crippen molar-refractivity contribution >= 4 is 50.0 Å². The van der Waals surface area contributed by atoms with Crippen LogP contribution in [0.1, 0.15) is 0 Å². The summed E-state index contributed by atoms with van der Waals surface area (Å²) >= 11 is 9.13. The minimum absolute atomic E-state index is 0.00112. The number of halogens is 3. The van der Waals surface area contributed by atoms with Gasteiger partial charge in [0.1, 0.15) is 17.9 Å². The van der Waals surface area contributed by atoms with E-state index in [4.69, 9.17) is 16.3 Å². The Labute approximate surface area is 168 Å². The third-order valence-electron chi connectivity index (χ3n) is 3.77. The summed E-state index contributed by atoms with van der Waals surface area (Å²) in [5.41, 5.74) is 2.29. The quantitative estimate of drug-likeness (QED) is 0.439. The average Bonchev–Trinajstić information content (AvgIpc) is 2.67. The zero-order valence-corrected chi connectivity index (χ0v) is 16.5. The number of carbonyl (C=O) groups is 1. The number of hydrogen-bond acceptors (Lipinski definition) is 4. The fourth-order valence-electron chi connectivity index (χ4n) is 2.55. The topological polar surface area (TPSA) is 64.1 Å². The second kappa shape index (κ2) is 8.45. The van der Waals surface area contributed by atoms with Gasteiger partial charge in [-0.05, 0) is 24.3 Å². The summed E-state index contributed by atoms with van der Waals surface area (Å²) in [4.78, 5) is 20.6. The first-order chi connectivity index (χ1) is 13.0. The minimum atomic E-state index is -0.507. The number of aromatic nitrogens is 2. The van der Waals surface area contributed by atoms with E-state index in [-0.39, 0.29) is 10.9 Å². The molecule has 3 aromatic rings. The van der Waals surface area contributed by atoms with Gasteiger partial charge in [0.25, 0.3) is 0 Å². The molecule has 3 rings (SSSR count). The third kappa shape index (κ3) is 4.26. The van der Waals surface area contributed by atoms with Crippen molar-refractivity contribution in [2.45, 2.75) is 0 Å². The molecular formula is C19H14BrClFN3O2. The van der Waals surface area contributed by atoms with Gasteiger partial charge in [0.15, 0.2) is 0 Å². The fraction of sp³-hybridized carbons (Fsp3) is 0.105. The van der Waals surface area contributed by atoms with Crippen molar-refractivity contribution in [3.05, 3.63) is 59.7 Å². The number of allylic oxidation sites excluding steroid dienone is 1. The molecule has 5 nitrogen and oxygen atoms in total. The van der Waals surface area contributed by atoms with Gasteiger partial charge < -0.3 is 10.1 Å². The maximum Gasteiger partial charge on any atom is 0.248 e. The number of carbonyl (C=O) groups excluding carboxylic acids is 1. The van der Waals surface area contributed by atoms with Crippen LogP contribution in [0.15, 0.2) is 48.8 Å². The number of nitrogens with one attached hydrogen (secondary N) is 1. The number of rotatable bonds is 5. The Balaban J connectivity index is 2.13. The Morgan fingerprint density at radius 2 is 2.15 bits per heavy atom. The van der Waals surface area contributed by atoms with Crippen LogP contribution in [0.25, 0.3) is 22.2 Å². The van der Waals surface area contributed by atoms with Gasteiger partial charge in [-0.15, -0.1) is 0 Å². The van der Waals surface area contributed by atoms with Gasteiger partial charge in [-0.3, -0.25) is 4.79 Å². The highest BCUT2D eigenvalue weighted by molar-refractivity contribution is 9.09. The Hall–Kier alpha value is -2.51. The van der Waals surface area contributed by atoms with Crippen molar-refractivity contribution in [3.8, 4) is 17.0 Å². The summed E-state index contributed by atoms with van der Waals surface area (Å²) in [6.07, 6.45) is 4.50. The first-order valence-electron chi connectivity index (χ1n) is 7.85. The SMILES string of the molecule is COc1cc2ncnc(-c3ccc(F)c(Cl)c3)c2cc1NC(=O)/C=C/CBr. The van der Waals surface area contributed by atoms with Crippen LogP contribution in [-0.2, 0) is 4.79 Å². The van der Waals surface area contributed by atoms with Crippen LogP contribution in [-0.4, -0.2) is 28.3 Å². The molecule has 8 heteroatoms. The zero-order chi connectivity index (χ0) is 19.4. The molecule has 138 valence electrons. The Morgan fingerprint density at radius 3 is 2.85 bits per heavy atom. The number of amides is 1. The van der Waals surface area contributed by atoms with E-state index < -0.39 is 5.82 Å². The lowest BCUT2D eigenvalue weighted by Crippen LogP contribution is -2.09. The van der Waals surface area contributed by atoms with E-state index >= 15 is 0 Å². The number of fused-ring (bicyclic) bond motifs is 1. The molecule has 1 heterocycles. The van der Waals surface area contributed by atoms with E-state index in [2.05, 4.69) is 31.2 Å². The summed E-state index contributed by atoms with van der Waals surface area (Å²) in [7, 11) is 1.51. The number of methoxy groups -OCH3 is 1. The van der Waals surface area contributed by atoms with Crippen LogP contribution in [0.5, 0.6) is 5.75 Å². The largest absolute Gasteiger partial charge is 0.494 e. The molecule has 1 aromatic heterocycles. The molecule has 0 aliphatic carbocycles. The molecule has 27 heavy (non-hydrogen) atoms. The Morgan fingerprint density at radius 1 is 1.33 bits per heavy atom. The number of anilines is 1. The Bertz CT molecular complexity index is 1040. The van der Waals surface area contributed by atoms with Crippen LogP contribution >= 0.6 is 27.5 Å². The minimum Gasteiger partial charge on any atom is -0.494 e. The van der Waals surface area contributed by atoms with Crippen LogP contribution in [0.3, 0.4) is 0 Å². The van der Waals surface area contributed by atoms with Crippen molar-refractivity contribution in [1.29, 1.82) is 0 Å². The van der Waals surface area contributed by atoms with Gasteiger partial charge in [0.05, 0.1) is 29.0 Å². The van der Waals surface area contributed by atoms with Gasteiger partial charge in [-0.2, -0.15) is 0 Å². The predicted molar refractivity (Wildman–Crippen MR) is 108 cm³/mol. The molecule has 0 unspecified atom stereocenters. The molecule has 0 aliphatic heterocycles. The van der Waals surface area contributed by atoms with E-state index in [1.807, 2.05) is 0 Å². The highest BCUT2D eigenvalue weighted by Crippen LogP contribution is 2.34. The molecule has 0 fully saturated rings. The molecule has 0 bridgehead atoms. The average molecular weight is 451 g/mol. The first kappa shape index (κ1) is 19.3. The molecule has 0 saturated carbocycles. The third-order valence-corrected chi connectivity index (χ3v) is 4.43. The van der Waals surface area contributed by atoms with Crippen molar-refractivity contribution in [1.82, 2.24) is 9.97 Å². The second-order valence-corrected chi connectivity index (χ2v) is 6.52. The molecule has 2 aromatic carbocycles. The highest BCUT2D eigenvalue weighted by Gasteiger charge is 2.14. The van der Waals surface area contributed by atoms with Gasteiger partial charge in [-0.25, -0.2) is 14.4 Å². The monoisotopic (exact) mass is 449 g/mol. The summed E-state index contributed by atoms with van der Waals surface area (Å²) in [6, 6.07) is 7.79. The smallest absolute Gasteiger partial charge is 0.248 e. The van der Waals surface area contributed by atoms with E-state index in [1.165, 1.54) is 31.6 Å². The molecule has 1 N–H and O–H groups in total. The number of alkyl halides is 1. The lowest BCUT2D eigenvalue weighted by Gasteiger charge is -2.12. The van der Waals surface area contributed by atoms with Crippen molar-refractivity contribution in [2.75, 3.05) is 17.8 Å². The summed E-state index contributed by atoms with van der Waals surface area (Å²) in [6.45, 7) is 0. The lowest BCUT2D eigenvalue weighted by atomic mass is 10.1. The van der Waals surface area contributed by atoms with Gasteiger partial charge in [0.2, 0.25) is 5.91 Å².